The summed E-state index contributed by atoms with van der Waals surface area (Å²) in [6, 6.07) is 4.37. The molecular formula is C19H27N3O2. The Bertz CT molecular complexity index is 693. The predicted octanol–water partition coefficient (Wildman–Crippen LogP) is 2.78. The summed E-state index contributed by atoms with van der Waals surface area (Å²) in [5.74, 6) is 1.35. The Hall–Kier alpha value is -1.88. The van der Waals surface area contributed by atoms with E-state index in [0.29, 0.717) is 18.8 Å². The van der Waals surface area contributed by atoms with E-state index in [4.69, 9.17) is 0 Å². The highest BCUT2D eigenvalue weighted by atomic mass is 16.3. The van der Waals surface area contributed by atoms with Crippen LogP contribution in [0.2, 0.25) is 0 Å². The van der Waals surface area contributed by atoms with Gasteiger partial charge in [-0.15, -0.1) is 0 Å². The molecule has 0 aliphatic heterocycles. The third-order valence-electron chi connectivity index (χ3n) is 5.24. The van der Waals surface area contributed by atoms with Gasteiger partial charge in [-0.3, -0.25) is 4.79 Å². The molecule has 1 amide bonds. The molecule has 1 atom stereocenters. The van der Waals surface area contributed by atoms with Crippen LogP contribution < -0.4 is 5.32 Å². The second-order valence-corrected chi connectivity index (χ2v) is 7.10. The lowest BCUT2D eigenvalue weighted by Gasteiger charge is -2.37. The van der Waals surface area contributed by atoms with Crippen molar-refractivity contribution >= 4 is 16.9 Å². The van der Waals surface area contributed by atoms with E-state index in [2.05, 4.69) is 48.2 Å². The Kier molecular flexibility index (Phi) is 4.90. The number of amides is 1. The van der Waals surface area contributed by atoms with Crippen LogP contribution in [0.5, 0.6) is 0 Å². The molecule has 1 aromatic heterocycles. The third-order valence-corrected chi connectivity index (χ3v) is 5.24. The van der Waals surface area contributed by atoms with Gasteiger partial charge in [-0.1, -0.05) is 6.92 Å². The molecule has 5 nitrogen and oxygen atoms in total. The molecule has 1 heterocycles. The van der Waals surface area contributed by atoms with Gasteiger partial charge >= 0.3 is 0 Å². The highest BCUT2D eigenvalue weighted by Gasteiger charge is 2.33. The molecule has 1 aliphatic rings. The molecule has 5 heteroatoms. The Morgan fingerprint density at radius 2 is 2.08 bits per heavy atom. The van der Waals surface area contributed by atoms with E-state index in [1.807, 2.05) is 0 Å². The first-order valence-corrected chi connectivity index (χ1v) is 8.89. The minimum Gasteiger partial charge on any atom is -0.393 e. The highest BCUT2D eigenvalue weighted by molar-refractivity contribution is 5.78. The Labute approximate surface area is 142 Å². The Balaban J connectivity index is 1.56. The van der Waals surface area contributed by atoms with E-state index >= 15 is 0 Å². The zero-order chi connectivity index (χ0) is 17.3. The Morgan fingerprint density at radius 3 is 2.75 bits per heavy atom. The number of aliphatic hydroxyl groups excluding tert-OH is 1. The van der Waals surface area contributed by atoms with Crippen LogP contribution in [-0.2, 0) is 11.2 Å². The van der Waals surface area contributed by atoms with Crippen LogP contribution in [0.1, 0.15) is 49.6 Å². The molecule has 2 aromatic rings. The SMILES string of the molecule is CC[C@H](NC(=O)CCc1nc2cc(C)c(C)cc2[nH]1)C1CC(O)C1. The number of H-pyrrole nitrogens is 1. The number of hydrogen-bond donors (Lipinski definition) is 3. The summed E-state index contributed by atoms with van der Waals surface area (Å²) in [4.78, 5) is 20.1. The molecule has 0 saturated heterocycles. The summed E-state index contributed by atoms with van der Waals surface area (Å²) >= 11 is 0. The van der Waals surface area contributed by atoms with E-state index < -0.39 is 0 Å². The number of rotatable bonds is 6. The largest absolute Gasteiger partial charge is 0.393 e. The van der Waals surface area contributed by atoms with E-state index in [9.17, 15) is 9.90 Å². The van der Waals surface area contributed by atoms with Crippen molar-refractivity contribution in [3.63, 3.8) is 0 Å². The van der Waals surface area contributed by atoms with Gasteiger partial charge in [0.2, 0.25) is 5.91 Å². The quantitative estimate of drug-likeness (QED) is 0.762. The van der Waals surface area contributed by atoms with Crippen LogP contribution in [0.25, 0.3) is 11.0 Å². The lowest BCUT2D eigenvalue weighted by molar-refractivity contribution is -0.123. The summed E-state index contributed by atoms with van der Waals surface area (Å²) in [7, 11) is 0. The molecular weight excluding hydrogens is 302 g/mol. The number of carbonyl (C=O) groups excluding carboxylic acids is 1. The number of aliphatic hydroxyl groups is 1. The zero-order valence-electron chi connectivity index (χ0n) is 14.7. The van der Waals surface area contributed by atoms with Gasteiger partial charge in [0, 0.05) is 18.9 Å². The number of hydrogen-bond acceptors (Lipinski definition) is 3. The first-order valence-electron chi connectivity index (χ1n) is 8.89. The molecule has 1 aliphatic carbocycles. The van der Waals surface area contributed by atoms with Crippen molar-refractivity contribution in [2.45, 2.75) is 65.0 Å². The van der Waals surface area contributed by atoms with Crippen molar-refractivity contribution in [1.82, 2.24) is 15.3 Å². The average molecular weight is 329 g/mol. The maximum Gasteiger partial charge on any atom is 0.220 e. The molecule has 1 fully saturated rings. The van der Waals surface area contributed by atoms with E-state index in [0.717, 1.165) is 36.1 Å². The van der Waals surface area contributed by atoms with Crippen molar-refractivity contribution in [3.8, 4) is 0 Å². The molecule has 0 unspecified atom stereocenters. The maximum absolute atomic E-state index is 12.2. The first-order chi connectivity index (χ1) is 11.5. The van der Waals surface area contributed by atoms with E-state index in [1.54, 1.807) is 0 Å². The summed E-state index contributed by atoms with van der Waals surface area (Å²) in [6.07, 6.45) is 3.39. The fraction of sp³-hybridized carbons (Fsp3) is 0.579. The average Bonchev–Trinajstić information content (AvgIpc) is 2.90. The van der Waals surface area contributed by atoms with Crippen molar-refractivity contribution < 1.29 is 9.90 Å². The number of fused-ring (bicyclic) bond motifs is 1. The fourth-order valence-corrected chi connectivity index (χ4v) is 3.46. The summed E-state index contributed by atoms with van der Waals surface area (Å²) in [6.45, 7) is 6.25. The fourth-order valence-electron chi connectivity index (χ4n) is 3.46. The second-order valence-electron chi connectivity index (χ2n) is 7.10. The van der Waals surface area contributed by atoms with Gasteiger partial charge in [0.15, 0.2) is 0 Å². The molecule has 3 N–H and O–H groups in total. The predicted molar refractivity (Wildman–Crippen MR) is 94.8 cm³/mol. The topological polar surface area (TPSA) is 78.0 Å². The molecule has 1 aromatic carbocycles. The number of benzene rings is 1. The van der Waals surface area contributed by atoms with E-state index in [-0.39, 0.29) is 18.1 Å². The molecule has 1 saturated carbocycles. The van der Waals surface area contributed by atoms with Crippen LogP contribution in [0.4, 0.5) is 0 Å². The third kappa shape index (κ3) is 3.61. The van der Waals surface area contributed by atoms with Gasteiger partial charge in [-0.05, 0) is 62.3 Å². The van der Waals surface area contributed by atoms with Crippen LogP contribution in [0, 0.1) is 19.8 Å². The molecule has 0 radical (unpaired) electrons. The number of nitrogens with one attached hydrogen (secondary N) is 2. The Morgan fingerprint density at radius 1 is 1.38 bits per heavy atom. The van der Waals surface area contributed by atoms with Gasteiger partial charge in [-0.2, -0.15) is 0 Å². The van der Waals surface area contributed by atoms with E-state index in [1.165, 1.54) is 11.1 Å². The summed E-state index contributed by atoms with van der Waals surface area (Å²) in [5.41, 5.74) is 4.46. The molecule has 3 rings (SSSR count). The van der Waals surface area contributed by atoms with Gasteiger partial charge in [-0.25, -0.2) is 4.98 Å². The lowest BCUT2D eigenvalue weighted by Crippen LogP contribution is -2.46. The molecule has 0 spiro atoms. The summed E-state index contributed by atoms with van der Waals surface area (Å²) < 4.78 is 0. The number of aryl methyl sites for hydroxylation is 3. The number of imidazole rings is 1. The van der Waals surface area contributed by atoms with Gasteiger partial charge in [0.05, 0.1) is 17.1 Å². The first kappa shape index (κ1) is 17.0. The van der Waals surface area contributed by atoms with Crippen molar-refractivity contribution in [1.29, 1.82) is 0 Å². The number of aromatic amines is 1. The molecule has 24 heavy (non-hydrogen) atoms. The maximum atomic E-state index is 12.2. The van der Waals surface area contributed by atoms with Crippen molar-refractivity contribution in [3.05, 3.63) is 29.1 Å². The monoisotopic (exact) mass is 329 g/mol. The number of carbonyl (C=O) groups is 1. The molecule has 0 bridgehead atoms. The van der Waals surface area contributed by atoms with Gasteiger partial charge in [0.25, 0.3) is 0 Å². The normalized spacial score (nSPS) is 21.5. The smallest absolute Gasteiger partial charge is 0.220 e. The van der Waals surface area contributed by atoms with Gasteiger partial charge < -0.3 is 15.4 Å². The zero-order valence-corrected chi connectivity index (χ0v) is 14.7. The standard InChI is InChI=1S/C19H27N3O2/c1-4-15(13-9-14(23)10-13)22-19(24)6-5-18-20-16-7-11(2)12(3)8-17(16)21-18/h7-8,13-15,23H,4-6,9-10H2,1-3H3,(H,20,21)(H,22,24)/t13?,14?,15-/m0/s1. The van der Waals surface area contributed by atoms with Gasteiger partial charge in [0.1, 0.15) is 5.82 Å². The lowest BCUT2D eigenvalue weighted by atomic mass is 9.76. The minimum absolute atomic E-state index is 0.0658. The van der Waals surface area contributed by atoms with Crippen LogP contribution in [0.15, 0.2) is 12.1 Å². The molecule has 130 valence electrons. The van der Waals surface area contributed by atoms with Crippen molar-refractivity contribution in [2.24, 2.45) is 5.92 Å². The van der Waals surface area contributed by atoms with Crippen molar-refractivity contribution in [2.75, 3.05) is 0 Å². The number of nitrogens with zero attached hydrogens (tertiary/aromatic N) is 1. The van der Waals surface area contributed by atoms with Crippen LogP contribution >= 0.6 is 0 Å². The minimum atomic E-state index is -0.177. The van der Waals surface area contributed by atoms with Crippen LogP contribution in [-0.4, -0.2) is 33.1 Å². The second kappa shape index (κ2) is 6.93. The van der Waals surface area contributed by atoms with Crippen LogP contribution in [0.3, 0.4) is 0 Å². The highest BCUT2D eigenvalue weighted by Crippen LogP contribution is 2.31. The number of aromatic nitrogens is 2. The summed E-state index contributed by atoms with van der Waals surface area (Å²) in [5, 5.41) is 12.6.